The highest BCUT2D eigenvalue weighted by molar-refractivity contribution is 5.91. The van der Waals surface area contributed by atoms with Gasteiger partial charge in [-0.15, -0.1) is 0 Å². The van der Waals surface area contributed by atoms with E-state index in [1.807, 2.05) is 24.5 Å². The van der Waals surface area contributed by atoms with Crippen molar-refractivity contribution in [2.45, 2.75) is 105 Å². The molecule has 0 aliphatic heterocycles. The van der Waals surface area contributed by atoms with E-state index < -0.39 is 0 Å². The number of nitrogens with zero attached hydrogens (tertiary/aromatic N) is 4. The highest BCUT2D eigenvalue weighted by atomic mass is 15.1. The Labute approximate surface area is 350 Å². The van der Waals surface area contributed by atoms with Crippen molar-refractivity contribution >= 4 is 57.5 Å². The van der Waals surface area contributed by atoms with Gasteiger partial charge in [-0.25, -0.2) is 0 Å². The molecule has 6 aromatic rings. The van der Waals surface area contributed by atoms with E-state index in [2.05, 4.69) is 169 Å². The smallest absolute Gasteiger partial charge is 0.0707 e. The van der Waals surface area contributed by atoms with Crippen molar-refractivity contribution in [3.63, 3.8) is 0 Å². The molecule has 2 heterocycles. The largest absolute Gasteiger partial charge is 0.372 e. The molecule has 4 heteroatoms. The maximum atomic E-state index is 4.45. The summed E-state index contributed by atoms with van der Waals surface area (Å²) in [5.41, 5.74) is 9.67. The van der Waals surface area contributed by atoms with E-state index >= 15 is 0 Å². The van der Waals surface area contributed by atoms with Crippen LogP contribution in [0, 0.1) is 0 Å². The summed E-state index contributed by atoms with van der Waals surface area (Å²) >= 11 is 0. The predicted octanol–water partition coefficient (Wildman–Crippen LogP) is 15.2. The van der Waals surface area contributed by atoms with Gasteiger partial charge >= 0.3 is 0 Å². The minimum Gasteiger partial charge on any atom is -0.372 e. The molecular weight excluding hydrogens is 705 g/mol. The van der Waals surface area contributed by atoms with Crippen LogP contribution in [0.1, 0.15) is 127 Å². The van der Waals surface area contributed by atoms with Gasteiger partial charge in [0, 0.05) is 60.7 Å². The van der Waals surface area contributed by atoms with Gasteiger partial charge in [0.05, 0.1) is 11.0 Å². The third-order valence-corrected chi connectivity index (χ3v) is 10.9. The van der Waals surface area contributed by atoms with Crippen LogP contribution in [-0.2, 0) is 0 Å². The molecule has 6 rings (SSSR count). The van der Waals surface area contributed by atoms with Crippen LogP contribution in [0.15, 0.2) is 122 Å². The number of benzene rings is 4. The van der Waals surface area contributed by atoms with Crippen molar-refractivity contribution < 1.29 is 0 Å². The van der Waals surface area contributed by atoms with Crippen molar-refractivity contribution in [2.75, 3.05) is 36.0 Å². The number of hydrogen-bond donors (Lipinski definition) is 0. The Kier molecular flexibility index (Phi) is 19.1. The third kappa shape index (κ3) is 14.0. The van der Waals surface area contributed by atoms with Crippen LogP contribution in [0.4, 0.5) is 11.4 Å². The molecule has 0 bridgehead atoms. The molecule has 0 atom stereocenters. The Bertz CT molecular complexity index is 1910. The summed E-state index contributed by atoms with van der Waals surface area (Å²) in [5.74, 6) is 0. The topological polar surface area (TPSA) is 32.3 Å². The van der Waals surface area contributed by atoms with E-state index in [0.717, 1.165) is 37.2 Å². The summed E-state index contributed by atoms with van der Waals surface area (Å²) in [6.07, 6.45) is 28.0. The first kappa shape index (κ1) is 43.9. The van der Waals surface area contributed by atoms with Crippen molar-refractivity contribution in [3.8, 4) is 0 Å². The van der Waals surface area contributed by atoms with Gasteiger partial charge in [-0.2, -0.15) is 0 Å². The molecule has 0 amide bonds. The number of aromatic nitrogens is 2. The Morgan fingerprint density at radius 2 is 0.724 bits per heavy atom. The number of para-hydroxylation sites is 2. The van der Waals surface area contributed by atoms with E-state index in [1.54, 1.807) is 0 Å². The minimum atomic E-state index is 1.04. The molecule has 0 saturated carbocycles. The highest BCUT2D eigenvalue weighted by Gasteiger charge is 2.08. The molecule has 0 aliphatic rings. The Morgan fingerprint density at radius 1 is 0.379 bits per heavy atom. The van der Waals surface area contributed by atoms with Crippen LogP contribution < -0.4 is 9.80 Å². The summed E-state index contributed by atoms with van der Waals surface area (Å²) in [5, 5.41) is 2.39. The lowest BCUT2D eigenvalue weighted by atomic mass is 10.1. The van der Waals surface area contributed by atoms with Gasteiger partial charge < -0.3 is 9.80 Å². The second kappa shape index (κ2) is 25.2. The summed E-state index contributed by atoms with van der Waals surface area (Å²) in [6, 6.07) is 38.8. The Morgan fingerprint density at radius 3 is 1.07 bits per heavy atom. The average molecular weight is 773 g/mol. The van der Waals surface area contributed by atoms with E-state index in [1.165, 1.54) is 121 Å². The fraction of sp³-hybridized carbons (Fsp3) is 0.370. The normalized spacial score (nSPS) is 11.4. The minimum absolute atomic E-state index is 1.04. The van der Waals surface area contributed by atoms with Crippen molar-refractivity contribution in [2.24, 2.45) is 0 Å². The first-order valence-electron chi connectivity index (χ1n) is 22.4. The standard InChI is InChI=1S/2C27H34N2/c2*1-3-5-9-21-29(22-10-6-4-2)25-17-14-23(15-18-25)13-16-24-19-20-28-27-12-8-7-11-26(24)27/h2*7-8,11-20H,3-6,9-10,21-22H2,1-2H3. The van der Waals surface area contributed by atoms with Gasteiger partial charge in [-0.1, -0.05) is 164 Å². The first-order valence-corrected chi connectivity index (χ1v) is 22.4. The summed E-state index contributed by atoms with van der Waals surface area (Å²) in [6.45, 7) is 13.7. The van der Waals surface area contributed by atoms with Gasteiger partial charge in [-0.3, -0.25) is 9.97 Å². The molecule has 0 N–H and O–H groups in total. The molecule has 2 aromatic heterocycles. The maximum Gasteiger partial charge on any atom is 0.0707 e. The number of fused-ring (bicyclic) bond motifs is 2. The van der Waals surface area contributed by atoms with Crippen molar-refractivity contribution in [3.05, 3.63) is 144 Å². The van der Waals surface area contributed by atoms with Crippen molar-refractivity contribution in [1.29, 1.82) is 0 Å². The molecule has 0 aliphatic carbocycles. The highest BCUT2D eigenvalue weighted by Crippen LogP contribution is 2.23. The molecule has 58 heavy (non-hydrogen) atoms. The van der Waals surface area contributed by atoms with Crippen molar-refractivity contribution in [1.82, 2.24) is 9.97 Å². The van der Waals surface area contributed by atoms with Crippen LogP contribution in [-0.4, -0.2) is 36.1 Å². The fourth-order valence-electron chi connectivity index (χ4n) is 7.44. The number of unbranched alkanes of at least 4 members (excludes halogenated alkanes) is 8. The lowest BCUT2D eigenvalue weighted by Gasteiger charge is -2.25. The number of hydrogen-bond acceptors (Lipinski definition) is 4. The lowest BCUT2D eigenvalue weighted by Crippen LogP contribution is -2.25. The van der Waals surface area contributed by atoms with Gasteiger partial charge in [0.25, 0.3) is 0 Å². The fourth-order valence-corrected chi connectivity index (χ4v) is 7.44. The number of anilines is 2. The van der Waals surface area contributed by atoms with Crippen LogP contribution in [0.3, 0.4) is 0 Å². The molecule has 0 unspecified atom stereocenters. The molecule has 4 aromatic carbocycles. The zero-order valence-electron chi connectivity index (χ0n) is 36.0. The van der Waals surface area contributed by atoms with E-state index in [0.29, 0.717) is 0 Å². The van der Waals surface area contributed by atoms with Gasteiger partial charge in [-0.05, 0) is 96.5 Å². The van der Waals surface area contributed by atoms with Crippen LogP contribution >= 0.6 is 0 Å². The second-order valence-electron chi connectivity index (χ2n) is 15.5. The average Bonchev–Trinajstić information content (AvgIpc) is 3.27. The monoisotopic (exact) mass is 773 g/mol. The number of pyridine rings is 2. The predicted molar refractivity (Wildman–Crippen MR) is 257 cm³/mol. The van der Waals surface area contributed by atoms with Crippen LogP contribution in [0.5, 0.6) is 0 Å². The summed E-state index contributed by atoms with van der Waals surface area (Å²) in [4.78, 5) is 14.0. The molecule has 4 nitrogen and oxygen atoms in total. The quantitative estimate of drug-likeness (QED) is 0.0643. The van der Waals surface area contributed by atoms with Gasteiger partial charge in [0.1, 0.15) is 0 Å². The van der Waals surface area contributed by atoms with Gasteiger partial charge in [0.15, 0.2) is 0 Å². The number of rotatable bonds is 22. The second-order valence-corrected chi connectivity index (χ2v) is 15.5. The van der Waals surface area contributed by atoms with Gasteiger partial charge in [0.2, 0.25) is 0 Å². The zero-order chi connectivity index (χ0) is 40.6. The maximum absolute atomic E-state index is 4.45. The molecule has 0 saturated heterocycles. The molecule has 0 fully saturated rings. The van der Waals surface area contributed by atoms with E-state index in [-0.39, 0.29) is 0 Å². The molecule has 0 spiro atoms. The van der Waals surface area contributed by atoms with Crippen LogP contribution in [0.25, 0.3) is 46.1 Å². The Hall–Kier alpha value is -5.22. The summed E-state index contributed by atoms with van der Waals surface area (Å²) < 4.78 is 0. The third-order valence-electron chi connectivity index (χ3n) is 10.9. The zero-order valence-corrected chi connectivity index (χ0v) is 36.0. The lowest BCUT2D eigenvalue weighted by molar-refractivity contribution is 0.636. The van der Waals surface area contributed by atoms with Crippen LogP contribution in [0.2, 0.25) is 0 Å². The molecule has 304 valence electrons. The van der Waals surface area contributed by atoms with E-state index in [9.17, 15) is 0 Å². The SMILES string of the molecule is CCCCCN(CCCCC)c1ccc(C=Cc2ccnc3ccccc23)cc1.CCCCCN(CCCCC)c1ccc(C=Cc2ccnc3ccccc23)cc1. The first-order chi connectivity index (χ1) is 28.6. The molecular formula is C54H68N4. The van der Waals surface area contributed by atoms with E-state index in [4.69, 9.17) is 0 Å². The summed E-state index contributed by atoms with van der Waals surface area (Å²) in [7, 11) is 0. The molecule has 0 radical (unpaired) electrons. The Balaban J connectivity index is 0.000000221.